The third-order valence-corrected chi connectivity index (χ3v) is 5.45. The van der Waals surface area contributed by atoms with Gasteiger partial charge in [-0.1, -0.05) is 12.1 Å². The number of carboxylic acid groups (broad SMARTS) is 1. The molecule has 0 saturated carbocycles. The van der Waals surface area contributed by atoms with Crippen molar-refractivity contribution in [1.82, 2.24) is 14.5 Å². The van der Waals surface area contributed by atoms with Crippen molar-refractivity contribution < 1.29 is 23.1 Å². The Labute approximate surface area is 162 Å². The summed E-state index contributed by atoms with van der Waals surface area (Å²) in [5.74, 6) is -1.21. The lowest BCUT2D eigenvalue weighted by atomic mass is 10.0. The molecule has 2 aromatic carbocycles. The highest BCUT2D eigenvalue weighted by Crippen LogP contribution is 2.26. The van der Waals surface area contributed by atoms with Crippen LogP contribution in [0.15, 0.2) is 65.8 Å². The van der Waals surface area contributed by atoms with Crippen LogP contribution in [0.4, 0.5) is 0 Å². The summed E-state index contributed by atoms with van der Waals surface area (Å²) in [6.07, 6.45) is 3.43. The van der Waals surface area contributed by atoms with Gasteiger partial charge in [0.1, 0.15) is 0 Å². The molecule has 0 saturated heterocycles. The molecule has 1 heterocycles. The van der Waals surface area contributed by atoms with E-state index in [0.717, 1.165) is 11.8 Å². The molecule has 3 aromatic rings. The average Bonchev–Trinajstić information content (AvgIpc) is 3.23. The molecule has 0 spiro atoms. The lowest BCUT2D eigenvalue weighted by Crippen LogP contribution is -2.27. The molecule has 3 rings (SSSR count). The molecular formula is C19H19N3O5S. The van der Waals surface area contributed by atoms with Gasteiger partial charge in [-0.2, -0.15) is 5.10 Å². The topological polar surface area (TPSA) is 111 Å². The van der Waals surface area contributed by atoms with Crippen LogP contribution in [0.5, 0.6) is 0 Å². The number of carboxylic acids is 1. The number of methoxy groups -OCH3 is 1. The molecule has 1 aromatic heterocycles. The van der Waals surface area contributed by atoms with Crippen LogP contribution < -0.4 is 4.72 Å². The molecule has 0 aliphatic heterocycles. The Hall–Kier alpha value is -3.01. The Kier molecular flexibility index (Phi) is 5.88. The van der Waals surface area contributed by atoms with E-state index in [1.165, 1.54) is 19.2 Å². The van der Waals surface area contributed by atoms with E-state index in [0.29, 0.717) is 11.1 Å². The van der Waals surface area contributed by atoms with Crippen LogP contribution >= 0.6 is 0 Å². The second-order valence-electron chi connectivity index (χ2n) is 5.94. The van der Waals surface area contributed by atoms with Crippen LogP contribution in [0.1, 0.15) is 10.4 Å². The number of hydrogen-bond donors (Lipinski definition) is 2. The molecule has 0 amide bonds. The molecular weight excluding hydrogens is 382 g/mol. The average molecular weight is 401 g/mol. The van der Waals surface area contributed by atoms with Crippen molar-refractivity contribution >= 4 is 16.0 Å². The van der Waals surface area contributed by atoms with Crippen LogP contribution in [-0.4, -0.2) is 49.5 Å². The Morgan fingerprint density at radius 1 is 1.18 bits per heavy atom. The second kappa shape index (κ2) is 8.34. The molecule has 8 nitrogen and oxygen atoms in total. The summed E-state index contributed by atoms with van der Waals surface area (Å²) in [6.45, 7) is 0.289. The maximum atomic E-state index is 12.5. The quantitative estimate of drug-likeness (QED) is 0.560. The highest BCUT2D eigenvalue weighted by Gasteiger charge is 2.18. The van der Waals surface area contributed by atoms with Gasteiger partial charge in [0, 0.05) is 26.0 Å². The molecule has 2 N–H and O–H groups in total. The Morgan fingerprint density at radius 3 is 2.68 bits per heavy atom. The number of rotatable bonds is 8. The third kappa shape index (κ3) is 4.45. The maximum Gasteiger partial charge on any atom is 0.335 e. The summed E-state index contributed by atoms with van der Waals surface area (Å²) in [6, 6.07) is 13.0. The molecule has 0 aliphatic carbocycles. The van der Waals surface area contributed by atoms with Gasteiger partial charge in [-0.05, 0) is 47.5 Å². The predicted octanol–water partition coefficient (Wildman–Crippen LogP) is 2.16. The smallest absolute Gasteiger partial charge is 0.335 e. The molecule has 0 bridgehead atoms. The van der Waals surface area contributed by atoms with Gasteiger partial charge in [-0.15, -0.1) is 0 Å². The molecule has 0 fully saturated rings. The van der Waals surface area contributed by atoms with Gasteiger partial charge >= 0.3 is 5.97 Å². The number of sulfonamides is 1. The predicted molar refractivity (Wildman–Crippen MR) is 103 cm³/mol. The van der Waals surface area contributed by atoms with Gasteiger partial charge < -0.3 is 9.84 Å². The van der Waals surface area contributed by atoms with Crippen LogP contribution in [-0.2, 0) is 14.8 Å². The highest BCUT2D eigenvalue weighted by molar-refractivity contribution is 7.89. The van der Waals surface area contributed by atoms with Crippen molar-refractivity contribution in [1.29, 1.82) is 0 Å². The minimum atomic E-state index is -3.88. The summed E-state index contributed by atoms with van der Waals surface area (Å²) in [4.78, 5) is 11.4. The standard InChI is InChI=1S/C19H19N3O5S/c1-27-9-7-21-28(25,26)18-12-15(10-16(13-18)19(23)24)14-4-2-5-17(11-14)22-8-3-6-20-22/h2-6,8,10-13,21H,7,9H2,1H3,(H,23,24). The Morgan fingerprint density at radius 2 is 2.00 bits per heavy atom. The van der Waals surface area contributed by atoms with E-state index < -0.39 is 16.0 Å². The summed E-state index contributed by atoms with van der Waals surface area (Å²) in [7, 11) is -2.42. The summed E-state index contributed by atoms with van der Waals surface area (Å²) >= 11 is 0. The largest absolute Gasteiger partial charge is 0.478 e. The van der Waals surface area contributed by atoms with Crippen LogP contribution in [0, 0.1) is 0 Å². The number of aromatic carboxylic acids is 1. The lowest BCUT2D eigenvalue weighted by molar-refractivity contribution is 0.0696. The first-order valence-corrected chi connectivity index (χ1v) is 9.86. The van der Waals surface area contributed by atoms with Crippen molar-refractivity contribution in [2.75, 3.05) is 20.3 Å². The zero-order chi connectivity index (χ0) is 20.1. The summed E-state index contributed by atoms with van der Waals surface area (Å²) < 4.78 is 34.0. The van der Waals surface area contributed by atoms with Crippen molar-refractivity contribution in [3.63, 3.8) is 0 Å². The molecule has 146 valence electrons. The molecule has 0 aliphatic rings. The fraction of sp³-hybridized carbons (Fsp3) is 0.158. The number of carbonyl (C=O) groups is 1. The number of nitrogens with zero attached hydrogens (tertiary/aromatic N) is 2. The van der Waals surface area contributed by atoms with Crippen molar-refractivity contribution in [2.45, 2.75) is 4.90 Å². The SMILES string of the molecule is COCCNS(=O)(=O)c1cc(C(=O)O)cc(-c2cccc(-n3cccn3)c2)c1. The first-order valence-electron chi connectivity index (χ1n) is 8.38. The van der Waals surface area contributed by atoms with Crippen molar-refractivity contribution in [3.8, 4) is 16.8 Å². The van der Waals surface area contributed by atoms with Gasteiger partial charge in [0.05, 0.1) is 22.8 Å². The molecule has 0 atom stereocenters. The normalized spacial score (nSPS) is 11.5. The fourth-order valence-corrected chi connectivity index (χ4v) is 3.74. The third-order valence-electron chi connectivity index (χ3n) is 4.01. The first kappa shape index (κ1) is 19.7. The number of benzene rings is 2. The van der Waals surface area contributed by atoms with Crippen LogP contribution in [0.3, 0.4) is 0 Å². The van der Waals surface area contributed by atoms with E-state index in [-0.39, 0.29) is 23.6 Å². The van der Waals surface area contributed by atoms with E-state index >= 15 is 0 Å². The molecule has 28 heavy (non-hydrogen) atoms. The van der Waals surface area contributed by atoms with Gasteiger partial charge in [0.25, 0.3) is 0 Å². The van der Waals surface area contributed by atoms with E-state index in [4.69, 9.17) is 4.74 Å². The Bertz CT molecular complexity index is 1080. The Balaban J connectivity index is 2.05. The zero-order valence-corrected chi connectivity index (χ0v) is 15.9. The second-order valence-corrected chi connectivity index (χ2v) is 7.71. The summed E-state index contributed by atoms with van der Waals surface area (Å²) in [5, 5.41) is 13.6. The number of hydrogen-bond acceptors (Lipinski definition) is 5. The monoisotopic (exact) mass is 401 g/mol. The van der Waals surface area contributed by atoms with E-state index in [1.54, 1.807) is 35.3 Å². The maximum absolute atomic E-state index is 12.5. The van der Waals surface area contributed by atoms with Crippen molar-refractivity contribution in [2.24, 2.45) is 0 Å². The van der Waals surface area contributed by atoms with E-state index in [2.05, 4.69) is 9.82 Å². The number of aromatic nitrogens is 2. The van der Waals surface area contributed by atoms with E-state index in [9.17, 15) is 18.3 Å². The molecule has 9 heteroatoms. The minimum Gasteiger partial charge on any atom is -0.478 e. The van der Waals surface area contributed by atoms with Gasteiger partial charge in [-0.3, -0.25) is 0 Å². The van der Waals surface area contributed by atoms with Crippen molar-refractivity contribution in [3.05, 3.63) is 66.5 Å². The minimum absolute atomic E-state index is 0.0836. The first-order chi connectivity index (χ1) is 13.4. The fourth-order valence-electron chi connectivity index (χ4n) is 2.66. The van der Waals surface area contributed by atoms with Gasteiger partial charge in [-0.25, -0.2) is 22.6 Å². The number of ether oxygens (including phenoxy) is 1. The van der Waals surface area contributed by atoms with Crippen LogP contribution in [0.2, 0.25) is 0 Å². The number of nitrogens with one attached hydrogen (secondary N) is 1. The van der Waals surface area contributed by atoms with E-state index in [1.807, 2.05) is 12.1 Å². The lowest BCUT2D eigenvalue weighted by Gasteiger charge is -2.11. The summed E-state index contributed by atoms with van der Waals surface area (Å²) in [5.41, 5.74) is 1.80. The van der Waals surface area contributed by atoms with Crippen LogP contribution in [0.25, 0.3) is 16.8 Å². The van der Waals surface area contributed by atoms with Gasteiger partial charge in [0.15, 0.2) is 0 Å². The highest BCUT2D eigenvalue weighted by atomic mass is 32.2. The molecule has 0 unspecified atom stereocenters. The zero-order valence-electron chi connectivity index (χ0n) is 15.1. The van der Waals surface area contributed by atoms with Gasteiger partial charge in [0.2, 0.25) is 10.0 Å². The molecule has 0 radical (unpaired) electrons.